The summed E-state index contributed by atoms with van der Waals surface area (Å²) >= 11 is 0. The lowest BCUT2D eigenvalue weighted by molar-refractivity contribution is 0.0923. The van der Waals surface area contributed by atoms with Gasteiger partial charge in [-0.1, -0.05) is 24.3 Å². The Morgan fingerprint density at radius 2 is 2.00 bits per heavy atom. The fourth-order valence-electron chi connectivity index (χ4n) is 1.56. The molecule has 0 unspecified atom stereocenters. The van der Waals surface area contributed by atoms with Crippen molar-refractivity contribution in [1.29, 1.82) is 0 Å². The molecule has 2 atom stereocenters. The molecule has 3 nitrogen and oxygen atoms in total. The highest BCUT2D eigenvalue weighted by Crippen LogP contribution is 2.16. The quantitative estimate of drug-likeness (QED) is 0.678. The number of hydrogen-bond donors (Lipinski definition) is 3. The summed E-state index contributed by atoms with van der Waals surface area (Å²) in [6.07, 6.45) is -0.684. The van der Waals surface area contributed by atoms with Gasteiger partial charge in [0.2, 0.25) is 0 Å². The first kappa shape index (κ1) is 12.2. The first-order valence-electron chi connectivity index (χ1n) is 5.23. The van der Waals surface area contributed by atoms with Crippen molar-refractivity contribution in [2.45, 2.75) is 26.0 Å². The van der Waals surface area contributed by atoms with Gasteiger partial charge < -0.3 is 15.5 Å². The standard InChI is InChI=1S/C12H19NO2/c1-9-5-3-4-6-12(9)10(2)13-7-11(15)8-14/h3-6,10-11,13-15H,7-8H2,1-2H3/t10-,11-/m0/s1. The van der Waals surface area contributed by atoms with E-state index in [0.717, 1.165) is 0 Å². The zero-order valence-corrected chi connectivity index (χ0v) is 9.27. The van der Waals surface area contributed by atoms with Crippen LogP contribution in [0, 0.1) is 6.92 Å². The Bertz CT molecular complexity index is 301. The van der Waals surface area contributed by atoms with E-state index in [1.165, 1.54) is 11.1 Å². The SMILES string of the molecule is Cc1ccccc1[C@H](C)NC[C@H](O)CO. The molecular formula is C12H19NO2. The van der Waals surface area contributed by atoms with E-state index in [2.05, 4.69) is 24.4 Å². The van der Waals surface area contributed by atoms with Gasteiger partial charge in [-0.15, -0.1) is 0 Å². The Hall–Kier alpha value is -0.900. The molecule has 1 aromatic rings. The van der Waals surface area contributed by atoms with Crippen LogP contribution >= 0.6 is 0 Å². The van der Waals surface area contributed by atoms with Crippen molar-refractivity contribution in [2.75, 3.05) is 13.2 Å². The highest BCUT2D eigenvalue weighted by atomic mass is 16.3. The third-order valence-electron chi connectivity index (χ3n) is 2.53. The number of aryl methyl sites for hydroxylation is 1. The van der Waals surface area contributed by atoms with Crippen LogP contribution in [0.2, 0.25) is 0 Å². The molecule has 1 aromatic carbocycles. The van der Waals surface area contributed by atoms with Crippen LogP contribution in [0.25, 0.3) is 0 Å². The number of nitrogens with one attached hydrogen (secondary N) is 1. The molecule has 0 saturated heterocycles. The maximum absolute atomic E-state index is 9.21. The molecule has 0 radical (unpaired) electrons. The second kappa shape index (κ2) is 5.85. The second-order valence-electron chi connectivity index (χ2n) is 3.82. The van der Waals surface area contributed by atoms with E-state index in [4.69, 9.17) is 5.11 Å². The van der Waals surface area contributed by atoms with Crippen LogP contribution in [0.3, 0.4) is 0 Å². The van der Waals surface area contributed by atoms with Crippen LogP contribution in [0.5, 0.6) is 0 Å². The van der Waals surface area contributed by atoms with Crippen molar-refractivity contribution < 1.29 is 10.2 Å². The molecule has 3 N–H and O–H groups in total. The summed E-state index contributed by atoms with van der Waals surface area (Å²) in [7, 11) is 0. The third kappa shape index (κ3) is 3.63. The largest absolute Gasteiger partial charge is 0.394 e. The molecular weight excluding hydrogens is 190 g/mol. The fourth-order valence-corrected chi connectivity index (χ4v) is 1.56. The average molecular weight is 209 g/mol. The molecule has 0 saturated carbocycles. The van der Waals surface area contributed by atoms with E-state index in [1.54, 1.807) is 0 Å². The van der Waals surface area contributed by atoms with E-state index in [9.17, 15) is 5.11 Å². The van der Waals surface area contributed by atoms with Crippen LogP contribution in [0.15, 0.2) is 24.3 Å². The number of rotatable bonds is 5. The summed E-state index contributed by atoms with van der Waals surface area (Å²) in [4.78, 5) is 0. The van der Waals surface area contributed by atoms with E-state index in [0.29, 0.717) is 6.54 Å². The summed E-state index contributed by atoms with van der Waals surface area (Å²) in [6, 6.07) is 8.33. The van der Waals surface area contributed by atoms with Crippen molar-refractivity contribution in [3.63, 3.8) is 0 Å². The maximum atomic E-state index is 9.21. The molecule has 0 bridgehead atoms. The second-order valence-corrected chi connectivity index (χ2v) is 3.82. The first-order valence-corrected chi connectivity index (χ1v) is 5.23. The Kier molecular flexibility index (Phi) is 4.75. The van der Waals surface area contributed by atoms with Crippen LogP contribution in [0.4, 0.5) is 0 Å². The summed E-state index contributed by atoms with van der Waals surface area (Å²) in [5.41, 5.74) is 2.46. The van der Waals surface area contributed by atoms with E-state index < -0.39 is 6.10 Å². The van der Waals surface area contributed by atoms with Gasteiger partial charge in [-0.25, -0.2) is 0 Å². The number of benzene rings is 1. The summed E-state index contributed by atoms with van der Waals surface area (Å²) in [5.74, 6) is 0. The molecule has 0 aliphatic carbocycles. The summed E-state index contributed by atoms with van der Waals surface area (Å²) in [6.45, 7) is 4.32. The molecule has 1 rings (SSSR count). The minimum absolute atomic E-state index is 0.187. The molecule has 0 fully saturated rings. The molecule has 0 aliphatic rings. The fraction of sp³-hybridized carbons (Fsp3) is 0.500. The number of hydrogen-bond acceptors (Lipinski definition) is 3. The van der Waals surface area contributed by atoms with Gasteiger partial charge in [0, 0.05) is 12.6 Å². The minimum Gasteiger partial charge on any atom is -0.394 e. The monoisotopic (exact) mass is 209 g/mol. The smallest absolute Gasteiger partial charge is 0.0895 e. The van der Waals surface area contributed by atoms with E-state index in [-0.39, 0.29) is 12.6 Å². The van der Waals surface area contributed by atoms with E-state index in [1.807, 2.05) is 19.1 Å². The van der Waals surface area contributed by atoms with Crippen LogP contribution < -0.4 is 5.32 Å². The van der Waals surface area contributed by atoms with Crippen molar-refractivity contribution in [1.82, 2.24) is 5.32 Å². The molecule has 0 heterocycles. The van der Waals surface area contributed by atoms with Crippen molar-refractivity contribution >= 4 is 0 Å². The van der Waals surface area contributed by atoms with Crippen LogP contribution in [-0.4, -0.2) is 29.5 Å². The van der Waals surface area contributed by atoms with Crippen molar-refractivity contribution in [3.8, 4) is 0 Å². The number of aliphatic hydroxyl groups is 2. The van der Waals surface area contributed by atoms with Gasteiger partial charge in [0.1, 0.15) is 0 Å². The molecule has 84 valence electrons. The predicted molar refractivity (Wildman–Crippen MR) is 60.7 cm³/mol. The Labute approximate surface area is 90.8 Å². The minimum atomic E-state index is -0.684. The Balaban J connectivity index is 2.54. The lowest BCUT2D eigenvalue weighted by Gasteiger charge is -2.18. The Morgan fingerprint density at radius 3 is 2.60 bits per heavy atom. The maximum Gasteiger partial charge on any atom is 0.0895 e. The first-order chi connectivity index (χ1) is 7.15. The highest BCUT2D eigenvalue weighted by molar-refractivity contribution is 5.28. The lowest BCUT2D eigenvalue weighted by Crippen LogP contribution is -2.31. The van der Waals surface area contributed by atoms with Crippen molar-refractivity contribution in [3.05, 3.63) is 35.4 Å². The molecule has 0 aliphatic heterocycles. The average Bonchev–Trinajstić information content (AvgIpc) is 2.26. The van der Waals surface area contributed by atoms with Crippen LogP contribution in [0.1, 0.15) is 24.1 Å². The Morgan fingerprint density at radius 1 is 1.33 bits per heavy atom. The topological polar surface area (TPSA) is 52.5 Å². The zero-order chi connectivity index (χ0) is 11.3. The van der Waals surface area contributed by atoms with Gasteiger partial charge in [-0.2, -0.15) is 0 Å². The summed E-state index contributed by atoms with van der Waals surface area (Å²) < 4.78 is 0. The number of aliphatic hydroxyl groups excluding tert-OH is 2. The predicted octanol–water partition coefficient (Wildman–Crippen LogP) is 0.999. The van der Waals surface area contributed by atoms with Gasteiger partial charge >= 0.3 is 0 Å². The van der Waals surface area contributed by atoms with E-state index >= 15 is 0 Å². The van der Waals surface area contributed by atoms with Crippen LogP contribution in [-0.2, 0) is 0 Å². The summed E-state index contributed by atoms with van der Waals surface area (Å²) in [5, 5.41) is 21.1. The normalized spacial score (nSPS) is 14.9. The molecule has 15 heavy (non-hydrogen) atoms. The molecule has 0 aromatic heterocycles. The van der Waals surface area contributed by atoms with Gasteiger partial charge in [0.05, 0.1) is 12.7 Å². The molecule has 0 spiro atoms. The van der Waals surface area contributed by atoms with Gasteiger partial charge in [0.15, 0.2) is 0 Å². The van der Waals surface area contributed by atoms with Gasteiger partial charge in [-0.3, -0.25) is 0 Å². The third-order valence-corrected chi connectivity index (χ3v) is 2.53. The van der Waals surface area contributed by atoms with Crippen molar-refractivity contribution in [2.24, 2.45) is 0 Å². The van der Waals surface area contributed by atoms with Gasteiger partial charge in [0.25, 0.3) is 0 Å². The highest BCUT2D eigenvalue weighted by Gasteiger charge is 2.09. The zero-order valence-electron chi connectivity index (χ0n) is 9.27. The van der Waals surface area contributed by atoms with Gasteiger partial charge in [-0.05, 0) is 25.0 Å². The molecule has 3 heteroatoms. The molecule has 0 amide bonds. The lowest BCUT2D eigenvalue weighted by atomic mass is 10.0.